The van der Waals surface area contributed by atoms with Crippen molar-refractivity contribution in [1.82, 2.24) is 9.62 Å². The van der Waals surface area contributed by atoms with Crippen molar-refractivity contribution in [1.29, 1.82) is 0 Å². The number of amides is 1. The van der Waals surface area contributed by atoms with Gasteiger partial charge in [0.2, 0.25) is 0 Å². The van der Waals surface area contributed by atoms with Crippen molar-refractivity contribution in [2.75, 3.05) is 25.4 Å². The molecule has 4 nitrogen and oxygen atoms in total. The Morgan fingerprint density at radius 1 is 1.41 bits per heavy atom. The van der Waals surface area contributed by atoms with Crippen LogP contribution in [0.15, 0.2) is 18.2 Å². The molecule has 1 heterocycles. The van der Waals surface area contributed by atoms with Gasteiger partial charge in [-0.15, -0.1) is 0 Å². The fraction of sp³-hybridized carbons (Fsp3) is 0.533. The van der Waals surface area contributed by atoms with Crippen LogP contribution in [0.5, 0.6) is 5.75 Å². The Labute approximate surface area is 145 Å². The molecule has 2 rings (SSSR count). The number of nitrogens with zero attached hydrogens (tertiary/aromatic N) is 1. The molecule has 1 fully saturated rings. The number of ether oxygens (including phenoxy) is 1. The van der Waals surface area contributed by atoms with Crippen molar-refractivity contribution in [2.24, 2.45) is 0 Å². The van der Waals surface area contributed by atoms with E-state index in [4.69, 9.17) is 27.9 Å². The molecule has 0 spiro atoms. The zero-order chi connectivity index (χ0) is 15.9. The average molecular weight is 363 g/mol. The molecule has 1 N–H and O–H groups in total. The van der Waals surface area contributed by atoms with Crippen LogP contribution in [0.2, 0.25) is 10.0 Å². The molecule has 1 aliphatic rings. The largest absolute Gasteiger partial charge is 0.482 e. The van der Waals surface area contributed by atoms with Gasteiger partial charge >= 0.3 is 0 Å². The molecule has 0 aromatic heterocycles. The Balaban J connectivity index is 1.76. The quantitative estimate of drug-likeness (QED) is 0.784. The van der Waals surface area contributed by atoms with Crippen molar-refractivity contribution in [2.45, 2.75) is 25.8 Å². The summed E-state index contributed by atoms with van der Waals surface area (Å²) in [4.78, 5) is 14.0. The van der Waals surface area contributed by atoms with Gasteiger partial charge in [0.25, 0.3) is 5.91 Å². The third-order valence-electron chi connectivity index (χ3n) is 3.49. The molecule has 0 aliphatic carbocycles. The SMILES string of the molecule is CCSNC1CCN(C(=O)COc2ccc(Cl)cc2Cl)CC1. The summed E-state index contributed by atoms with van der Waals surface area (Å²) in [7, 11) is 0. The minimum atomic E-state index is -0.00684. The maximum atomic E-state index is 12.2. The molecule has 0 atom stereocenters. The third-order valence-corrected chi connectivity index (χ3v) is 4.81. The maximum absolute atomic E-state index is 12.2. The number of benzene rings is 1. The molecule has 0 radical (unpaired) electrons. The highest BCUT2D eigenvalue weighted by molar-refractivity contribution is 7.97. The lowest BCUT2D eigenvalue weighted by Gasteiger charge is -2.32. The Bertz CT molecular complexity index is 508. The predicted molar refractivity (Wildman–Crippen MR) is 92.8 cm³/mol. The van der Waals surface area contributed by atoms with Gasteiger partial charge < -0.3 is 9.64 Å². The van der Waals surface area contributed by atoms with Crippen LogP contribution in [0, 0.1) is 0 Å². The number of hydrogen-bond donors (Lipinski definition) is 1. The lowest BCUT2D eigenvalue weighted by molar-refractivity contribution is -0.134. The summed E-state index contributed by atoms with van der Waals surface area (Å²) in [5, 5.41) is 0.961. The first kappa shape index (κ1) is 17.7. The molecular weight excluding hydrogens is 343 g/mol. The fourth-order valence-electron chi connectivity index (χ4n) is 2.27. The average Bonchev–Trinajstić information content (AvgIpc) is 2.52. The maximum Gasteiger partial charge on any atom is 0.260 e. The van der Waals surface area contributed by atoms with Gasteiger partial charge in [0.05, 0.1) is 5.02 Å². The van der Waals surface area contributed by atoms with Gasteiger partial charge in [-0.3, -0.25) is 9.52 Å². The number of hydrogen-bond acceptors (Lipinski definition) is 4. The second-order valence-electron chi connectivity index (χ2n) is 5.07. The lowest BCUT2D eigenvalue weighted by Crippen LogP contribution is -2.45. The summed E-state index contributed by atoms with van der Waals surface area (Å²) in [5.41, 5.74) is 0. The number of piperidine rings is 1. The number of carbonyl (C=O) groups is 1. The molecule has 0 saturated carbocycles. The highest BCUT2D eigenvalue weighted by Crippen LogP contribution is 2.27. The first-order valence-corrected chi connectivity index (χ1v) is 9.07. The van der Waals surface area contributed by atoms with E-state index in [2.05, 4.69) is 11.6 Å². The van der Waals surface area contributed by atoms with Crippen LogP contribution in [0.1, 0.15) is 19.8 Å². The van der Waals surface area contributed by atoms with Crippen LogP contribution >= 0.6 is 35.1 Å². The van der Waals surface area contributed by atoms with Crippen LogP contribution < -0.4 is 9.46 Å². The van der Waals surface area contributed by atoms with Gasteiger partial charge in [-0.2, -0.15) is 0 Å². The smallest absolute Gasteiger partial charge is 0.260 e. The first-order valence-electron chi connectivity index (χ1n) is 7.33. The van der Waals surface area contributed by atoms with E-state index < -0.39 is 0 Å². The first-order chi connectivity index (χ1) is 10.6. The molecule has 0 bridgehead atoms. The molecule has 22 heavy (non-hydrogen) atoms. The van der Waals surface area contributed by atoms with Gasteiger partial charge in [0, 0.05) is 29.9 Å². The second-order valence-corrected chi connectivity index (χ2v) is 7.01. The van der Waals surface area contributed by atoms with E-state index in [1.807, 2.05) is 4.90 Å². The Morgan fingerprint density at radius 2 is 2.14 bits per heavy atom. The minimum absolute atomic E-state index is 0.00313. The predicted octanol–water partition coefficient (Wildman–Crippen LogP) is 3.62. The number of carbonyl (C=O) groups excluding carboxylic acids is 1. The van der Waals surface area contributed by atoms with Gasteiger partial charge in [-0.05, 0) is 31.0 Å². The number of halogens is 2. The number of rotatable bonds is 6. The van der Waals surface area contributed by atoms with Gasteiger partial charge in [-0.1, -0.05) is 42.1 Å². The molecule has 1 saturated heterocycles. The van der Waals surface area contributed by atoms with Crippen molar-refractivity contribution in [3.63, 3.8) is 0 Å². The number of nitrogens with one attached hydrogen (secondary N) is 1. The normalized spacial score (nSPS) is 15.9. The Hall–Kier alpha value is -0.620. The van der Waals surface area contributed by atoms with Crippen LogP contribution in [-0.2, 0) is 4.79 Å². The molecular formula is C15H20Cl2N2O2S. The van der Waals surface area contributed by atoms with Crippen molar-refractivity contribution in [3.8, 4) is 5.75 Å². The van der Waals surface area contributed by atoms with E-state index >= 15 is 0 Å². The van der Waals surface area contributed by atoms with Crippen molar-refractivity contribution >= 4 is 41.1 Å². The summed E-state index contributed by atoms with van der Waals surface area (Å²) in [6, 6.07) is 5.46. The summed E-state index contributed by atoms with van der Waals surface area (Å²) >= 11 is 13.6. The zero-order valence-corrected chi connectivity index (χ0v) is 14.8. The van der Waals surface area contributed by atoms with E-state index in [-0.39, 0.29) is 12.5 Å². The third kappa shape index (κ3) is 5.23. The lowest BCUT2D eigenvalue weighted by atomic mass is 10.1. The van der Waals surface area contributed by atoms with Crippen LogP contribution in [-0.4, -0.2) is 42.3 Å². The highest BCUT2D eigenvalue weighted by Gasteiger charge is 2.22. The molecule has 1 amide bonds. The monoisotopic (exact) mass is 362 g/mol. The van der Waals surface area contributed by atoms with E-state index in [0.29, 0.717) is 21.8 Å². The summed E-state index contributed by atoms with van der Waals surface area (Å²) in [6.45, 7) is 3.65. The number of likely N-dealkylation sites (tertiary alicyclic amines) is 1. The summed E-state index contributed by atoms with van der Waals surface area (Å²) in [6.07, 6.45) is 1.95. The van der Waals surface area contributed by atoms with Crippen molar-refractivity contribution < 1.29 is 9.53 Å². The van der Waals surface area contributed by atoms with E-state index in [9.17, 15) is 4.79 Å². The van der Waals surface area contributed by atoms with E-state index in [1.54, 1.807) is 30.1 Å². The summed E-state index contributed by atoms with van der Waals surface area (Å²) < 4.78 is 8.92. The van der Waals surface area contributed by atoms with E-state index in [1.165, 1.54) is 0 Å². The zero-order valence-electron chi connectivity index (χ0n) is 12.5. The molecule has 1 aliphatic heterocycles. The molecule has 0 unspecified atom stereocenters. The molecule has 7 heteroatoms. The molecule has 1 aromatic carbocycles. The standard InChI is InChI=1S/C15H20Cl2N2O2S/c1-2-22-18-12-5-7-19(8-6-12)15(20)10-21-14-4-3-11(16)9-13(14)17/h3-4,9,12,18H,2,5-8,10H2,1H3. The fourth-order valence-corrected chi connectivity index (χ4v) is 3.37. The Morgan fingerprint density at radius 3 is 2.77 bits per heavy atom. The minimum Gasteiger partial charge on any atom is -0.482 e. The van der Waals surface area contributed by atoms with Crippen molar-refractivity contribution in [3.05, 3.63) is 28.2 Å². The van der Waals surface area contributed by atoms with Crippen LogP contribution in [0.4, 0.5) is 0 Å². The summed E-state index contributed by atoms with van der Waals surface area (Å²) in [5.74, 6) is 1.53. The van der Waals surface area contributed by atoms with E-state index in [0.717, 1.165) is 31.7 Å². The molecule has 122 valence electrons. The second kappa shape index (κ2) is 8.87. The highest BCUT2D eigenvalue weighted by atomic mass is 35.5. The van der Waals surface area contributed by atoms with Gasteiger partial charge in [-0.25, -0.2) is 0 Å². The topological polar surface area (TPSA) is 41.6 Å². The van der Waals surface area contributed by atoms with Gasteiger partial charge in [0.1, 0.15) is 5.75 Å². The van der Waals surface area contributed by atoms with Crippen LogP contribution in [0.25, 0.3) is 0 Å². The molecule has 1 aromatic rings. The van der Waals surface area contributed by atoms with Gasteiger partial charge in [0.15, 0.2) is 6.61 Å². The van der Waals surface area contributed by atoms with Crippen LogP contribution in [0.3, 0.4) is 0 Å². The Kier molecular flexibility index (Phi) is 7.15.